The van der Waals surface area contributed by atoms with Gasteiger partial charge in [0, 0.05) is 0 Å². The van der Waals surface area contributed by atoms with Gasteiger partial charge in [0.15, 0.2) is 0 Å². The highest BCUT2D eigenvalue weighted by molar-refractivity contribution is 4.93. The maximum atomic E-state index is 10.7. The molecular formula is C14H26O. The van der Waals surface area contributed by atoms with Crippen molar-refractivity contribution in [2.24, 2.45) is 17.8 Å². The van der Waals surface area contributed by atoms with Crippen LogP contribution in [0.1, 0.15) is 65.2 Å². The summed E-state index contributed by atoms with van der Waals surface area (Å²) < 4.78 is 0. The van der Waals surface area contributed by atoms with E-state index >= 15 is 0 Å². The minimum atomic E-state index is -0.276. The maximum absolute atomic E-state index is 10.7. The molecule has 0 aromatic heterocycles. The van der Waals surface area contributed by atoms with Gasteiger partial charge in [-0.1, -0.05) is 26.7 Å². The molecule has 0 aromatic rings. The molecule has 1 heteroatoms. The summed E-state index contributed by atoms with van der Waals surface area (Å²) in [5.74, 6) is 2.30. The highest BCUT2D eigenvalue weighted by Gasteiger charge is 2.41. The van der Waals surface area contributed by atoms with Crippen molar-refractivity contribution < 1.29 is 5.11 Å². The summed E-state index contributed by atoms with van der Waals surface area (Å²) in [6, 6.07) is 0. The van der Waals surface area contributed by atoms with E-state index in [1.54, 1.807) is 0 Å². The normalized spacial score (nSPS) is 38.8. The third kappa shape index (κ3) is 2.38. The summed E-state index contributed by atoms with van der Waals surface area (Å²) in [6.45, 7) is 4.65. The van der Waals surface area contributed by atoms with Crippen molar-refractivity contribution in [3.63, 3.8) is 0 Å². The Balaban J connectivity index is 1.90. The van der Waals surface area contributed by atoms with Crippen LogP contribution in [0.3, 0.4) is 0 Å². The molecule has 88 valence electrons. The fraction of sp³-hybridized carbons (Fsp3) is 1.00. The van der Waals surface area contributed by atoms with Gasteiger partial charge in [0.05, 0.1) is 5.60 Å². The first-order valence-corrected chi connectivity index (χ1v) is 6.84. The molecule has 1 N–H and O–H groups in total. The minimum absolute atomic E-state index is 0.276. The Hall–Kier alpha value is -0.0400. The second kappa shape index (κ2) is 4.45. The average Bonchev–Trinajstić information content (AvgIpc) is 2.71. The Morgan fingerprint density at radius 1 is 1.00 bits per heavy atom. The van der Waals surface area contributed by atoms with Crippen LogP contribution in [0.4, 0.5) is 0 Å². The van der Waals surface area contributed by atoms with Crippen molar-refractivity contribution in [1.82, 2.24) is 0 Å². The lowest BCUT2D eigenvalue weighted by Crippen LogP contribution is -2.41. The van der Waals surface area contributed by atoms with Gasteiger partial charge in [-0.05, 0) is 56.3 Å². The first kappa shape index (κ1) is 11.4. The second-order valence-electron chi connectivity index (χ2n) is 6.17. The molecule has 0 amide bonds. The lowest BCUT2D eigenvalue weighted by molar-refractivity contribution is -0.0613. The van der Waals surface area contributed by atoms with Crippen LogP contribution in [0, 0.1) is 17.8 Å². The van der Waals surface area contributed by atoms with Crippen molar-refractivity contribution in [1.29, 1.82) is 0 Å². The van der Waals surface area contributed by atoms with Crippen LogP contribution in [0.5, 0.6) is 0 Å². The molecule has 0 unspecified atom stereocenters. The van der Waals surface area contributed by atoms with E-state index in [1.807, 2.05) is 0 Å². The predicted octanol–water partition coefficient (Wildman–Crippen LogP) is 3.75. The third-order valence-electron chi connectivity index (χ3n) is 4.95. The van der Waals surface area contributed by atoms with Crippen molar-refractivity contribution in [3.05, 3.63) is 0 Å². The zero-order valence-corrected chi connectivity index (χ0v) is 10.3. The van der Waals surface area contributed by atoms with Crippen molar-refractivity contribution >= 4 is 0 Å². The maximum Gasteiger partial charge on any atom is 0.0676 e. The Morgan fingerprint density at radius 3 is 2.00 bits per heavy atom. The van der Waals surface area contributed by atoms with Gasteiger partial charge in [-0.3, -0.25) is 0 Å². The first-order chi connectivity index (χ1) is 7.12. The van der Waals surface area contributed by atoms with Crippen LogP contribution < -0.4 is 0 Å². The molecule has 2 rings (SSSR count). The number of rotatable bonds is 2. The van der Waals surface area contributed by atoms with Crippen molar-refractivity contribution in [3.8, 4) is 0 Å². The lowest BCUT2D eigenvalue weighted by Gasteiger charge is -2.41. The summed E-state index contributed by atoms with van der Waals surface area (Å²) in [4.78, 5) is 0. The van der Waals surface area contributed by atoms with Crippen LogP contribution in [-0.2, 0) is 0 Å². The lowest BCUT2D eigenvalue weighted by atomic mass is 9.69. The zero-order valence-electron chi connectivity index (χ0n) is 10.3. The quantitative estimate of drug-likeness (QED) is 0.736. The number of hydrogen-bond acceptors (Lipinski definition) is 1. The predicted molar refractivity (Wildman–Crippen MR) is 63.7 cm³/mol. The third-order valence-corrected chi connectivity index (χ3v) is 4.95. The molecule has 2 aliphatic rings. The first-order valence-electron chi connectivity index (χ1n) is 6.84. The molecule has 2 saturated carbocycles. The van der Waals surface area contributed by atoms with Gasteiger partial charge in [0.1, 0.15) is 0 Å². The van der Waals surface area contributed by atoms with Crippen LogP contribution in [0.25, 0.3) is 0 Å². The molecule has 2 fully saturated rings. The molecule has 1 nitrogen and oxygen atoms in total. The van der Waals surface area contributed by atoms with E-state index in [0.717, 1.165) is 24.7 Å². The highest BCUT2D eigenvalue weighted by Crippen LogP contribution is 2.45. The van der Waals surface area contributed by atoms with Crippen LogP contribution in [0.2, 0.25) is 0 Å². The molecule has 0 saturated heterocycles. The summed E-state index contributed by atoms with van der Waals surface area (Å²) in [5, 5.41) is 10.7. The second-order valence-corrected chi connectivity index (χ2v) is 6.17. The Bertz CT molecular complexity index is 195. The molecule has 2 aliphatic carbocycles. The molecule has 0 bridgehead atoms. The molecule has 0 aromatic carbocycles. The van der Waals surface area contributed by atoms with Gasteiger partial charge < -0.3 is 5.11 Å². The molecule has 15 heavy (non-hydrogen) atoms. The van der Waals surface area contributed by atoms with Crippen molar-refractivity contribution in [2.75, 3.05) is 0 Å². The molecule has 0 heterocycles. The van der Waals surface area contributed by atoms with Gasteiger partial charge in [-0.15, -0.1) is 0 Å². The highest BCUT2D eigenvalue weighted by atomic mass is 16.3. The summed E-state index contributed by atoms with van der Waals surface area (Å²) in [6.07, 6.45) is 9.91. The zero-order chi connectivity index (χ0) is 10.9. The van der Waals surface area contributed by atoms with Crippen LogP contribution >= 0.6 is 0 Å². The van der Waals surface area contributed by atoms with Gasteiger partial charge in [0.2, 0.25) is 0 Å². The smallest absolute Gasteiger partial charge is 0.0676 e. The van der Waals surface area contributed by atoms with Gasteiger partial charge in [0.25, 0.3) is 0 Å². The summed E-state index contributed by atoms with van der Waals surface area (Å²) in [5.41, 5.74) is -0.276. The fourth-order valence-corrected chi connectivity index (χ4v) is 3.68. The van der Waals surface area contributed by atoms with E-state index in [9.17, 15) is 5.11 Å². The largest absolute Gasteiger partial charge is 0.390 e. The minimum Gasteiger partial charge on any atom is -0.390 e. The van der Waals surface area contributed by atoms with Crippen LogP contribution in [-0.4, -0.2) is 10.7 Å². The van der Waals surface area contributed by atoms with Gasteiger partial charge in [-0.25, -0.2) is 0 Å². The van der Waals surface area contributed by atoms with E-state index in [1.165, 1.54) is 38.5 Å². The van der Waals surface area contributed by atoms with Crippen LogP contribution in [0.15, 0.2) is 0 Å². The summed E-state index contributed by atoms with van der Waals surface area (Å²) >= 11 is 0. The number of hydrogen-bond donors (Lipinski definition) is 1. The molecule has 0 atom stereocenters. The van der Waals surface area contributed by atoms with E-state index in [0.29, 0.717) is 5.92 Å². The SMILES string of the molecule is CC(C)C1CCC(O)(C2CCCC2)CC1. The van der Waals surface area contributed by atoms with E-state index in [4.69, 9.17) is 0 Å². The Labute approximate surface area is 94.3 Å². The van der Waals surface area contributed by atoms with E-state index in [-0.39, 0.29) is 5.60 Å². The molecule has 0 spiro atoms. The fourth-order valence-electron chi connectivity index (χ4n) is 3.68. The number of aliphatic hydroxyl groups is 1. The Morgan fingerprint density at radius 2 is 1.53 bits per heavy atom. The molecule has 0 radical (unpaired) electrons. The summed E-state index contributed by atoms with van der Waals surface area (Å²) in [7, 11) is 0. The van der Waals surface area contributed by atoms with E-state index < -0.39 is 0 Å². The van der Waals surface area contributed by atoms with Crippen molar-refractivity contribution in [2.45, 2.75) is 70.8 Å². The average molecular weight is 210 g/mol. The van der Waals surface area contributed by atoms with Gasteiger partial charge in [-0.2, -0.15) is 0 Å². The molecular weight excluding hydrogens is 184 g/mol. The van der Waals surface area contributed by atoms with Gasteiger partial charge >= 0.3 is 0 Å². The Kier molecular flexibility index (Phi) is 3.39. The monoisotopic (exact) mass is 210 g/mol. The van der Waals surface area contributed by atoms with E-state index in [2.05, 4.69) is 13.8 Å². The topological polar surface area (TPSA) is 20.2 Å². The standard InChI is InChI=1S/C14H26O/c1-11(2)12-7-9-14(15,10-8-12)13-5-3-4-6-13/h11-13,15H,3-10H2,1-2H3. The molecule has 0 aliphatic heterocycles.